The van der Waals surface area contributed by atoms with Gasteiger partial charge in [-0.3, -0.25) is 4.79 Å². The minimum Gasteiger partial charge on any atom is -0.464 e. The first-order valence-corrected chi connectivity index (χ1v) is 13.6. The highest BCUT2D eigenvalue weighted by Gasteiger charge is 2.51. The van der Waals surface area contributed by atoms with Crippen LogP contribution in [0, 0.1) is 17.8 Å². The summed E-state index contributed by atoms with van der Waals surface area (Å²) < 4.78 is 16.8. The maximum Gasteiger partial charge on any atom is 0.356 e. The van der Waals surface area contributed by atoms with E-state index in [1.807, 2.05) is 0 Å². The molecular weight excluding hydrogens is 529 g/mol. The van der Waals surface area contributed by atoms with E-state index in [0.717, 1.165) is 43.4 Å². The Morgan fingerprint density at radius 3 is 2.45 bits per heavy atom. The average molecular weight is 556 g/mol. The number of aromatic nitrogens is 2. The zero-order valence-electron chi connectivity index (χ0n) is 20.8. The number of nitrogens with one attached hydrogen (secondary N) is 1. The van der Waals surface area contributed by atoms with Crippen molar-refractivity contribution in [3.63, 3.8) is 0 Å². The van der Waals surface area contributed by atoms with Crippen LogP contribution in [0.1, 0.15) is 59.8 Å². The minimum absolute atomic E-state index is 0.0111. The lowest BCUT2D eigenvalue weighted by Gasteiger charge is -2.51. The van der Waals surface area contributed by atoms with Gasteiger partial charge in [0.15, 0.2) is 0 Å². The molecule has 1 amide bonds. The van der Waals surface area contributed by atoms with Gasteiger partial charge in [-0.05, 0) is 68.2 Å². The van der Waals surface area contributed by atoms with Gasteiger partial charge < -0.3 is 19.3 Å². The molecule has 2 bridgehead atoms. The van der Waals surface area contributed by atoms with Gasteiger partial charge in [0.2, 0.25) is 5.91 Å². The van der Waals surface area contributed by atoms with Gasteiger partial charge in [0.25, 0.3) is 0 Å². The number of methoxy groups -OCH3 is 1. The maximum atomic E-state index is 13.0. The molecule has 1 N–H and O–H groups in total. The van der Waals surface area contributed by atoms with Crippen LogP contribution >= 0.6 is 23.2 Å². The lowest BCUT2D eigenvalue weighted by atomic mass is 9.56. The predicted octanol–water partition coefficient (Wildman–Crippen LogP) is 6.28. The van der Waals surface area contributed by atoms with Gasteiger partial charge in [-0.1, -0.05) is 34.4 Å². The molecule has 198 valence electrons. The number of halogens is 2. The summed E-state index contributed by atoms with van der Waals surface area (Å²) >= 11 is 13.0. The zero-order chi connectivity index (χ0) is 26.4. The average Bonchev–Trinajstić information content (AvgIpc) is 3.67. The molecule has 2 unspecified atom stereocenters. The Balaban J connectivity index is 1.09. The third-order valence-electron chi connectivity index (χ3n) is 7.91. The Morgan fingerprint density at radius 2 is 1.82 bits per heavy atom. The largest absolute Gasteiger partial charge is 0.464 e. The third-order valence-corrected chi connectivity index (χ3v) is 8.54. The number of carbonyl (C=O) groups excluding carboxylic acids is 2. The number of amides is 1. The highest BCUT2D eigenvalue weighted by Crippen LogP contribution is 2.52. The summed E-state index contributed by atoms with van der Waals surface area (Å²) in [5, 5.41) is 8.34. The molecule has 2 heterocycles. The van der Waals surface area contributed by atoms with Crippen molar-refractivity contribution in [2.24, 2.45) is 17.8 Å². The fourth-order valence-corrected chi connectivity index (χ4v) is 6.44. The molecule has 0 saturated heterocycles. The maximum absolute atomic E-state index is 13.0. The van der Waals surface area contributed by atoms with Crippen LogP contribution in [0.5, 0.6) is 0 Å². The van der Waals surface area contributed by atoms with Crippen molar-refractivity contribution < 1.29 is 23.6 Å². The number of hydrogen-bond donors (Lipinski definition) is 1. The van der Waals surface area contributed by atoms with Crippen LogP contribution in [0.4, 0.5) is 5.69 Å². The van der Waals surface area contributed by atoms with Crippen molar-refractivity contribution in [2.75, 3.05) is 12.4 Å². The van der Waals surface area contributed by atoms with Gasteiger partial charge in [-0.25, -0.2) is 9.78 Å². The summed E-state index contributed by atoms with van der Waals surface area (Å²) in [5.74, 6) is 1.18. The summed E-state index contributed by atoms with van der Waals surface area (Å²) in [7, 11) is 1.30. The number of rotatable bonds is 8. The van der Waals surface area contributed by atoms with E-state index in [1.165, 1.54) is 19.4 Å². The topological polar surface area (TPSA) is 104 Å². The van der Waals surface area contributed by atoms with Gasteiger partial charge in [0, 0.05) is 23.0 Å². The number of pyridine rings is 1. The fourth-order valence-electron chi connectivity index (χ4n) is 5.86. The Morgan fingerprint density at radius 1 is 1.08 bits per heavy atom. The molecule has 2 atom stereocenters. The second kappa shape index (κ2) is 10.3. The number of ether oxygens (including phenoxy) is 2. The monoisotopic (exact) mass is 555 g/mol. The van der Waals surface area contributed by atoms with Gasteiger partial charge in [-0.2, -0.15) is 0 Å². The van der Waals surface area contributed by atoms with Crippen molar-refractivity contribution in [1.82, 2.24) is 10.1 Å². The normalized spacial score (nSPS) is 24.0. The number of anilines is 1. The zero-order valence-corrected chi connectivity index (χ0v) is 22.3. The van der Waals surface area contributed by atoms with E-state index in [0.29, 0.717) is 39.5 Å². The van der Waals surface area contributed by atoms with Crippen LogP contribution in [0.25, 0.3) is 11.3 Å². The number of esters is 1. The molecule has 3 aromatic rings. The molecule has 8 nitrogen and oxygen atoms in total. The fraction of sp³-hybridized carbons (Fsp3) is 0.429. The van der Waals surface area contributed by atoms with E-state index in [2.05, 4.69) is 20.2 Å². The standard InChI is InChI=1S/C28H27Cl2N3O5/c1-36-28(35)22-8-7-17(12-31-22)32-27(34)23-15-9-16(23)11-18(10-15)37-13-19-25(33-38-26(19)14-5-6-14)24-20(29)3-2-4-21(24)30/h2-4,7-8,12,14-16,18,23H,5-6,9-11,13H2,1H3,(H,32,34). The van der Waals surface area contributed by atoms with Crippen molar-refractivity contribution >= 4 is 40.8 Å². The number of fused-ring (bicyclic) bond motifs is 2. The predicted molar refractivity (Wildman–Crippen MR) is 141 cm³/mol. The molecule has 2 aromatic heterocycles. The number of hydrogen-bond acceptors (Lipinski definition) is 7. The van der Waals surface area contributed by atoms with E-state index in [9.17, 15) is 9.59 Å². The third kappa shape index (κ3) is 4.81. The van der Waals surface area contributed by atoms with Crippen molar-refractivity contribution in [1.29, 1.82) is 0 Å². The van der Waals surface area contributed by atoms with E-state index in [1.54, 1.807) is 24.3 Å². The van der Waals surface area contributed by atoms with Gasteiger partial charge >= 0.3 is 5.97 Å². The number of benzene rings is 1. The molecule has 4 saturated carbocycles. The molecule has 7 rings (SSSR count). The van der Waals surface area contributed by atoms with Crippen LogP contribution in [0.3, 0.4) is 0 Å². The molecule has 1 aromatic carbocycles. The summed E-state index contributed by atoms with van der Waals surface area (Å²) in [6.45, 7) is 0.366. The highest BCUT2D eigenvalue weighted by molar-refractivity contribution is 6.39. The van der Waals surface area contributed by atoms with Crippen LogP contribution in [0.2, 0.25) is 10.0 Å². The molecule has 10 heteroatoms. The first-order valence-electron chi connectivity index (χ1n) is 12.8. The Kier molecular flexibility index (Phi) is 6.88. The highest BCUT2D eigenvalue weighted by atomic mass is 35.5. The van der Waals surface area contributed by atoms with Crippen LogP contribution in [-0.2, 0) is 20.9 Å². The first-order chi connectivity index (χ1) is 18.4. The van der Waals surface area contributed by atoms with Crippen molar-refractivity contribution in [3.05, 3.63) is 63.6 Å². The van der Waals surface area contributed by atoms with E-state index >= 15 is 0 Å². The smallest absolute Gasteiger partial charge is 0.356 e. The van der Waals surface area contributed by atoms with Gasteiger partial charge in [0.1, 0.15) is 17.1 Å². The lowest BCUT2D eigenvalue weighted by Crippen LogP contribution is -2.51. The van der Waals surface area contributed by atoms with Crippen LogP contribution < -0.4 is 5.32 Å². The van der Waals surface area contributed by atoms with Crippen LogP contribution in [0.15, 0.2) is 41.1 Å². The summed E-state index contributed by atoms with van der Waals surface area (Å²) in [6, 6.07) is 8.60. The summed E-state index contributed by atoms with van der Waals surface area (Å²) in [6.07, 6.45) is 6.34. The molecule has 4 fully saturated rings. The number of carbonyl (C=O) groups is 2. The van der Waals surface area contributed by atoms with Crippen molar-refractivity contribution in [3.8, 4) is 11.3 Å². The SMILES string of the molecule is COC(=O)c1ccc(NC(=O)C2C3CC(OCc4c(-c5c(Cl)cccc5Cl)noc4C4CC4)CC2C3)cn1. The first kappa shape index (κ1) is 25.3. The van der Waals surface area contributed by atoms with Crippen LogP contribution in [-0.4, -0.2) is 35.2 Å². The molecular formula is C28H27Cl2N3O5. The molecule has 0 radical (unpaired) electrons. The number of nitrogens with zero attached hydrogens (tertiary/aromatic N) is 2. The van der Waals surface area contributed by atoms with Crippen molar-refractivity contribution in [2.45, 2.75) is 50.7 Å². The summed E-state index contributed by atoms with van der Waals surface area (Å²) in [5.41, 5.74) is 2.99. The Hall–Kier alpha value is -2.94. The molecule has 38 heavy (non-hydrogen) atoms. The van der Waals surface area contributed by atoms with E-state index in [4.69, 9.17) is 32.5 Å². The molecule has 0 aliphatic heterocycles. The van der Waals surface area contributed by atoms with E-state index < -0.39 is 5.97 Å². The summed E-state index contributed by atoms with van der Waals surface area (Å²) in [4.78, 5) is 28.6. The molecule has 0 spiro atoms. The minimum atomic E-state index is -0.514. The second-order valence-electron chi connectivity index (χ2n) is 10.3. The molecule has 4 aliphatic rings. The Labute approximate surface area is 230 Å². The second-order valence-corrected chi connectivity index (χ2v) is 11.2. The molecule has 4 aliphatic carbocycles. The quantitative estimate of drug-likeness (QED) is 0.326. The van der Waals surface area contributed by atoms with E-state index in [-0.39, 0.29) is 35.5 Å². The Bertz CT molecular complexity index is 1340. The lowest BCUT2D eigenvalue weighted by molar-refractivity contribution is -0.142. The van der Waals surface area contributed by atoms with Gasteiger partial charge in [-0.15, -0.1) is 0 Å². The van der Waals surface area contributed by atoms with Gasteiger partial charge in [0.05, 0.1) is 41.8 Å².